The van der Waals surface area contributed by atoms with Crippen molar-refractivity contribution in [2.24, 2.45) is 0 Å². The number of rotatable bonds is 8. The molecule has 0 fully saturated rings. The molecule has 130 valence electrons. The van der Waals surface area contributed by atoms with Crippen LogP contribution in [0.3, 0.4) is 0 Å². The summed E-state index contributed by atoms with van der Waals surface area (Å²) >= 11 is 0. The summed E-state index contributed by atoms with van der Waals surface area (Å²) in [7, 11) is 1.59. The maximum atomic E-state index is 12.0. The number of nitrogens with one attached hydrogen (secondary N) is 1. The molecule has 0 unspecified atom stereocenters. The fourth-order valence-corrected chi connectivity index (χ4v) is 2.35. The highest BCUT2D eigenvalue weighted by Crippen LogP contribution is 2.18. The number of amides is 1. The molecule has 0 saturated carbocycles. The lowest BCUT2D eigenvalue weighted by atomic mass is 10.1. The van der Waals surface area contributed by atoms with Crippen LogP contribution in [-0.4, -0.2) is 24.1 Å². The molecule has 0 radical (unpaired) electrons. The number of carbonyl (C=O) groups excluding carboxylic acids is 1. The minimum atomic E-state index is -0.786. The summed E-state index contributed by atoms with van der Waals surface area (Å²) in [5, 5.41) is 11.4. The lowest BCUT2D eigenvalue weighted by molar-refractivity contribution is -0.137. The highest BCUT2D eigenvalue weighted by molar-refractivity contribution is 6.02. The first kappa shape index (κ1) is 18.3. The normalized spacial score (nSPS) is 10.6. The summed E-state index contributed by atoms with van der Waals surface area (Å²) in [6.07, 6.45) is 4.62. The van der Waals surface area contributed by atoms with Crippen molar-refractivity contribution >= 4 is 23.6 Å². The number of hydrogen-bond donors (Lipinski definition) is 2. The monoisotopic (exact) mass is 339 g/mol. The van der Waals surface area contributed by atoms with Crippen LogP contribution in [0.15, 0.2) is 54.6 Å². The Kier molecular flexibility index (Phi) is 6.77. The summed E-state index contributed by atoms with van der Waals surface area (Å²) in [6.45, 7) is 0. The Bertz CT molecular complexity index is 751. The van der Waals surface area contributed by atoms with E-state index in [4.69, 9.17) is 9.84 Å². The van der Waals surface area contributed by atoms with E-state index in [2.05, 4.69) is 5.32 Å². The molecule has 5 nitrogen and oxygen atoms in total. The molecular formula is C20H21NO4. The largest absolute Gasteiger partial charge is 0.496 e. The minimum absolute atomic E-state index is 0.159. The molecular weight excluding hydrogens is 318 g/mol. The van der Waals surface area contributed by atoms with Crippen LogP contribution in [0.5, 0.6) is 5.75 Å². The van der Waals surface area contributed by atoms with Gasteiger partial charge in [-0.3, -0.25) is 9.59 Å². The van der Waals surface area contributed by atoms with E-state index < -0.39 is 5.97 Å². The minimum Gasteiger partial charge on any atom is -0.496 e. The molecule has 0 aliphatic carbocycles. The number of aliphatic carboxylic acids is 1. The van der Waals surface area contributed by atoms with Crippen molar-refractivity contribution in [3.05, 3.63) is 65.7 Å². The van der Waals surface area contributed by atoms with Crippen LogP contribution in [0, 0.1) is 0 Å². The molecule has 0 atom stereocenters. The summed E-state index contributed by atoms with van der Waals surface area (Å²) in [5.74, 6) is -0.312. The standard InChI is InChI=1S/C20H21NO4/c1-25-18-7-3-2-6-16(18)11-14-19(22)21-17-12-9-15(10-13-17)5-4-8-20(23)24/h2-3,6-7,9-14H,4-5,8H2,1H3,(H,21,22)(H,23,24)/b14-11+. The van der Waals surface area contributed by atoms with Crippen molar-refractivity contribution < 1.29 is 19.4 Å². The summed E-state index contributed by atoms with van der Waals surface area (Å²) in [6, 6.07) is 14.9. The molecule has 0 saturated heterocycles. The van der Waals surface area contributed by atoms with Crippen LogP contribution >= 0.6 is 0 Å². The second-order valence-corrected chi connectivity index (χ2v) is 5.51. The highest BCUT2D eigenvalue weighted by atomic mass is 16.5. The summed E-state index contributed by atoms with van der Waals surface area (Å²) < 4.78 is 5.24. The third kappa shape index (κ3) is 6.14. The first-order valence-electron chi connectivity index (χ1n) is 8.01. The molecule has 1 amide bonds. The van der Waals surface area contributed by atoms with E-state index in [1.807, 2.05) is 48.5 Å². The molecule has 25 heavy (non-hydrogen) atoms. The maximum absolute atomic E-state index is 12.0. The molecule has 2 aromatic rings. The Balaban J connectivity index is 1.89. The lowest BCUT2D eigenvalue weighted by Gasteiger charge is -2.05. The summed E-state index contributed by atoms with van der Waals surface area (Å²) in [4.78, 5) is 22.5. The van der Waals surface area contributed by atoms with Gasteiger partial charge in [-0.1, -0.05) is 30.3 Å². The van der Waals surface area contributed by atoms with E-state index >= 15 is 0 Å². The van der Waals surface area contributed by atoms with Crippen LogP contribution in [0.2, 0.25) is 0 Å². The van der Waals surface area contributed by atoms with Gasteiger partial charge >= 0.3 is 5.97 Å². The smallest absolute Gasteiger partial charge is 0.303 e. The van der Waals surface area contributed by atoms with Crippen molar-refractivity contribution in [3.63, 3.8) is 0 Å². The van der Waals surface area contributed by atoms with Gasteiger partial charge in [0.05, 0.1) is 7.11 Å². The topological polar surface area (TPSA) is 75.6 Å². The highest BCUT2D eigenvalue weighted by Gasteiger charge is 2.02. The fourth-order valence-electron chi connectivity index (χ4n) is 2.35. The van der Waals surface area contributed by atoms with E-state index in [0.717, 1.165) is 11.1 Å². The number of anilines is 1. The quantitative estimate of drug-likeness (QED) is 0.718. The van der Waals surface area contributed by atoms with E-state index in [1.165, 1.54) is 6.08 Å². The molecule has 0 heterocycles. The Morgan fingerprint density at radius 2 is 1.84 bits per heavy atom. The van der Waals surface area contributed by atoms with Crippen molar-refractivity contribution in [1.82, 2.24) is 0 Å². The molecule has 2 N–H and O–H groups in total. The molecule has 0 aliphatic heterocycles. The van der Waals surface area contributed by atoms with Gasteiger partial charge in [-0.2, -0.15) is 0 Å². The van der Waals surface area contributed by atoms with Gasteiger partial charge in [0.25, 0.3) is 0 Å². The van der Waals surface area contributed by atoms with E-state index in [9.17, 15) is 9.59 Å². The Morgan fingerprint density at radius 1 is 1.12 bits per heavy atom. The van der Waals surface area contributed by atoms with Crippen molar-refractivity contribution in [2.75, 3.05) is 12.4 Å². The molecule has 2 aromatic carbocycles. The molecule has 0 aromatic heterocycles. The number of para-hydroxylation sites is 1. The molecule has 0 bridgehead atoms. The van der Waals surface area contributed by atoms with Gasteiger partial charge in [0.15, 0.2) is 0 Å². The Morgan fingerprint density at radius 3 is 2.52 bits per heavy atom. The van der Waals surface area contributed by atoms with Gasteiger partial charge in [-0.25, -0.2) is 0 Å². The lowest BCUT2D eigenvalue weighted by Crippen LogP contribution is -2.07. The third-order valence-electron chi connectivity index (χ3n) is 3.63. The molecule has 2 rings (SSSR count). The number of carboxylic acids is 1. The second-order valence-electron chi connectivity index (χ2n) is 5.51. The predicted octanol–water partition coefficient (Wildman–Crippen LogP) is 3.75. The van der Waals surface area contributed by atoms with Crippen molar-refractivity contribution in [3.8, 4) is 5.75 Å². The van der Waals surface area contributed by atoms with Crippen molar-refractivity contribution in [1.29, 1.82) is 0 Å². The molecule has 5 heteroatoms. The van der Waals surface area contributed by atoms with Gasteiger partial charge in [0.2, 0.25) is 5.91 Å². The first-order chi connectivity index (χ1) is 12.1. The van der Waals surface area contributed by atoms with Crippen LogP contribution in [0.4, 0.5) is 5.69 Å². The fraction of sp³-hybridized carbons (Fsp3) is 0.200. The third-order valence-corrected chi connectivity index (χ3v) is 3.63. The van der Waals surface area contributed by atoms with Crippen molar-refractivity contribution in [2.45, 2.75) is 19.3 Å². The van der Waals surface area contributed by atoms with E-state index in [0.29, 0.717) is 24.3 Å². The predicted molar refractivity (Wildman–Crippen MR) is 97.7 cm³/mol. The average molecular weight is 339 g/mol. The zero-order valence-electron chi connectivity index (χ0n) is 14.1. The number of benzene rings is 2. The summed E-state index contributed by atoms with van der Waals surface area (Å²) in [5.41, 5.74) is 2.56. The van der Waals surface area contributed by atoms with Gasteiger partial charge in [-0.15, -0.1) is 0 Å². The number of carboxylic acid groups (broad SMARTS) is 1. The Hall–Kier alpha value is -3.08. The Labute approximate surface area is 146 Å². The van der Waals surface area contributed by atoms with Crippen LogP contribution in [0.25, 0.3) is 6.08 Å². The van der Waals surface area contributed by atoms with Gasteiger partial charge < -0.3 is 15.2 Å². The van der Waals surface area contributed by atoms with Gasteiger partial charge in [0.1, 0.15) is 5.75 Å². The average Bonchev–Trinajstić information content (AvgIpc) is 2.61. The van der Waals surface area contributed by atoms with E-state index in [-0.39, 0.29) is 12.3 Å². The zero-order chi connectivity index (χ0) is 18.1. The van der Waals surface area contributed by atoms with Crippen LogP contribution in [-0.2, 0) is 16.0 Å². The number of aryl methyl sites for hydroxylation is 1. The van der Waals surface area contributed by atoms with Gasteiger partial charge in [0, 0.05) is 23.7 Å². The molecule has 0 spiro atoms. The second kappa shape index (κ2) is 9.27. The zero-order valence-corrected chi connectivity index (χ0v) is 14.1. The maximum Gasteiger partial charge on any atom is 0.303 e. The van der Waals surface area contributed by atoms with Crippen LogP contribution < -0.4 is 10.1 Å². The number of hydrogen-bond acceptors (Lipinski definition) is 3. The SMILES string of the molecule is COc1ccccc1/C=C/C(=O)Nc1ccc(CCCC(=O)O)cc1. The number of methoxy groups -OCH3 is 1. The van der Waals surface area contributed by atoms with E-state index in [1.54, 1.807) is 13.2 Å². The van der Waals surface area contributed by atoms with Crippen LogP contribution in [0.1, 0.15) is 24.0 Å². The van der Waals surface area contributed by atoms with Gasteiger partial charge in [-0.05, 0) is 42.7 Å². The number of ether oxygens (including phenoxy) is 1. The molecule has 0 aliphatic rings. The number of carbonyl (C=O) groups is 2. The first-order valence-corrected chi connectivity index (χ1v) is 8.01.